The third-order valence-corrected chi connectivity index (χ3v) is 8.66. The largest absolute Gasteiger partial charge is 0.394 e. The Morgan fingerprint density at radius 2 is 1.59 bits per heavy atom. The van der Waals surface area contributed by atoms with Crippen molar-refractivity contribution >= 4 is 0 Å². The molecular formula is C25H42O9. The predicted octanol–water partition coefficient (Wildman–Crippen LogP) is 1.49. The number of methoxy groups -OCH3 is 1. The first kappa shape index (κ1) is 25.3. The second kappa shape index (κ2) is 9.50. The van der Waals surface area contributed by atoms with Crippen molar-refractivity contribution in [2.75, 3.05) is 13.7 Å². The summed E-state index contributed by atoms with van der Waals surface area (Å²) in [6, 6.07) is 0. The van der Waals surface area contributed by atoms with E-state index in [0.29, 0.717) is 19.3 Å². The number of ether oxygens (including phenoxy) is 6. The molecule has 0 saturated carbocycles. The average Bonchev–Trinajstić information content (AvgIpc) is 3.48. The van der Waals surface area contributed by atoms with Gasteiger partial charge in [-0.2, -0.15) is 0 Å². The summed E-state index contributed by atoms with van der Waals surface area (Å²) in [5, 5.41) is 29.4. The second-order valence-electron chi connectivity index (χ2n) is 11.3. The van der Waals surface area contributed by atoms with Gasteiger partial charge in [-0.1, -0.05) is 20.8 Å². The quantitative estimate of drug-likeness (QED) is 0.513. The lowest BCUT2D eigenvalue weighted by Gasteiger charge is -2.50. The fraction of sp³-hybridized carbons (Fsp3) is 1.00. The molecule has 3 N–H and O–H groups in total. The maximum Gasteiger partial charge on any atom is 0.174 e. The van der Waals surface area contributed by atoms with Gasteiger partial charge in [0.25, 0.3) is 0 Å². The van der Waals surface area contributed by atoms with Crippen LogP contribution in [-0.2, 0) is 28.4 Å². The van der Waals surface area contributed by atoms with E-state index in [9.17, 15) is 10.2 Å². The molecule has 9 heteroatoms. The Morgan fingerprint density at radius 1 is 0.912 bits per heavy atom. The van der Waals surface area contributed by atoms with Gasteiger partial charge in [0.2, 0.25) is 0 Å². The summed E-state index contributed by atoms with van der Waals surface area (Å²) >= 11 is 0. The zero-order valence-corrected chi connectivity index (χ0v) is 20.8. The van der Waals surface area contributed by atoms with Gasteiger partial charge >= 0.3 is 0 Å². The molecule has 0 aromatic carbocycles. The van der Waals surface area contributed by atoms with Crippen molar-refractivity contribution in [1.29, 1.82) is 0 Å². The maximum atomic E-state index is 10.5. The van der Waals surface area contributed by atoms with Gasteiger partial charge < -0.3 is 43.7 Å². The molecule has 5 rings (SSSR count). The summed E-state index contributed by atoms with van der Waals surface area (Å²) in [6.07, 6.45) is 1.73. The van der Waals surface area contributed by atoms with Gasteiger partial charge in [-0.25, -0.2) is 0 Å². The summed E-state index contributed by atoms with van der Waals surface area (Å²) < 4.78 is 38.2. The molecule has 5 heterocycles. The molecule has 0 aliphatic carbocycles. The molecule has 0 aromatic rings. The van der Waals surface area contributed by atoms with Crippen LogP contribution in [-0.4, -0.2) is 95.5 Å². The molecule has 5 aliphatic rings. The number of aliphatic hydroxyl groups excluding tert-OH is 3. The summed E-state index contributed by atoms with van der Waals surface area (Å²) in [7, 11) is 1.73. The average molecular weight is 487 g/mol. The standard InChI is InChI=1S/C25H42O9/c1-5-17-20(29-4)10-25(31-17)11-21-23(34-25)14(3)9-24(33-21)8-13(2)22-19(32-24)7-18(30-22)16(28)6-15(27)12-26/h13-23,26-28H,5-12H2,1-4H3. The highest BCUT2D eigenvalue weighted by Crippen LogP contribution is 2.54. The van der Waals surface area contributed by atoms with E-state index in [1.54, 1.807) is 7.11 Å². The fourth-order valence-corrected chi connectivity index (χ4v) is 7.16. The van der Waals surface area contributed by atoms with Crippen LogP contribution >= 0.6 is 0 Å². The molecule has 5 fully saturated rings. The predicted molar refractivity (Wildman–Crippen MR) is 120 cm³/mol. The fourth-order valence-electron chi connectivity index (χ4n) is 7.16. The van der Waals surface area contributed by atoms with Crippen LogP contribution in [0.25, 0.3) is 0 Å². The third-order valence-electron chi connectivity index (χ3n) is 8.66. The first-order valence-electron chi connectivity index (χ1n) is 13.1. The monoisotopic (exact) mass is 486 g/mol. The van der Waals surface area contributed by atoms with E-state index in [-0.39, 0.29) is 61.5 Å². The second-order valence-corrected chi connectivity index (χ2v) is 11.3. The van der Waals surface area contributed by atoms with Crippen LogP contribution in [0, 0.1) is 11.8 Å². The topological polar surface area (TPSA) is 116 Å². The molecule has 13 unspecified atom stereocenters. The zero-order valence-electron chi connectivity index (χ0n) is 20.8. The lowest BCUT2D eigenvalue weighted by Crippen LogP contribution is -2.58. The van der Waals surface area contributed by atoms with E-state index in [0.717, 1.165) is 19.3 Å². The van der Waals surface area contributed by atoms with E-state index in [4.69, 9.17) is 33.5 Å². The SMILES string of the molecule is CCC1OC2(CC1OC)CC1OC3(CC(C)C4OC(C(O)CC(O)CO)CC4O3)CC(C)C1O2. The minimum Gasteiger partial charge on any atom is -0.394 e. The van der Waals surface area contributed by atoms with Crippen LogP contribution in [0.2, 0.25) is 0 Å². The smallest absolute Gasteiger partial charge is 0.174 e. The Kier molecular flexibility index (Phi) is 7.07. The maximum absolute atomic E-state index is 10.5. The van der Waals surface area contributed by atoms with Gasteiger partial charge in [0.05, 0.1) is 61.5 Å². The van der Waals surface area contributed by atoms with E-state index in [2.05, 4.69) is 20.8 Å². The van der Waals surface area contributed by atoms with E-state index >= 15 is 0 Å². The Labute approximate surface area is 202 Å². The number of hydrogen-bond acceptors (Lipinski definition) is 9. The number of rotatable bonds is 6. The van der Waals surface area contributed by atoms with Gasteiger partial charge in [-0.3, -0.25) is 0 Å². The van der Waals surface area contributed by atoms with Crippen LogP contribution in [0.5, 0.6) is 0 Å². The van der Waals surface area contributed by atoms with Crippen molar-refractivity contribution in [3.8, 4) is 0 Å². The molecule has 34 heavy (non-hydrogen) atoms. The minimum atomic E-state index is -0.956. The Morgan fingerprint density at radius 3 is 2.24 bits per heavy atom. The van der Waals surface area contributed by atoms with Gasteiger partial charge in [-0.15, -0.1) is 0 Å². The molecule has 2 spiro atoms. The molecule has 9 nitrogen and oxygen atoms in total. The molecule has 0 bridgehead atoms. The van der Waals surface area contributed by atoms with Crippen molar-refractivity contribution in [1.82, 2.24) is 0 Å². The number of hydrogen-bond donors (Lipinski definition) is 3. The van der Waals surface area contributed by atoms with Crippen molar-refractivity contribution < 1.29 is 43.7 Å². The van der Waals surface area contributed by atoms with Crippen molar-refractivity contribution in [2.24, 2.45) is 11.8 Å². The molecular weight excluding hydrogens is 444 g/mol. The van der Waals surface area contributed by atoms with Crippen LogP contribution in [0.15, 0.2) is 0 Å². The highest BCUT2D eigenvalue weighted by Gasteiger charge is 2.62. The number of fused-ring (bicyclic) bond motifs is 2. The van der Waals surface area contributed by atoms with Gasteiger partial charge in [0, 0.05) is 45.6 Å². The summed E-state index contributed by atoms with van der Waals surface area (Å²) in [5.41, 5.74) is 0. The highest BCUT2D eigenvalue weighted by molar-refractivity contribution is 5.04. The van der Waals surface area contributed by atoms with Gasteiger partial charge in [-0.05, 0) is 18.3 Å². The van der Waals surface area contributed by atoms with Gasteiger partial charge in [0.1, 0.15) is 0 Å². The van der Waals surface area contributed by atoms with Crippen LogP contribution < -0.4 is 0 Å². The Balaban J connectivity index is 1.27. The molecule has 13 atom stereocenters. The lowest BCUT2D eigenvalue weighted by atomic mass is 9.80. The van der Waals surface area contributed by atoms with Crippen LogP contribution in [0.4, 0.5) is 0 Å². The minimum absolute atomic E-state index is 0.0319. The molecule has 0 amide bonds. The van der Waals surface area contributed by atoms with Crippen LogP contribution in [0.3, 0.4) is 0 Å². The van der Waals surface area contributed by atoms with Crippen molar-refractivity contribution in [3.63, 3.8) is 0 Å². The Bertz CT molecular complexity index is 708. The van der Waals surface area contributed by atoms with Crippen molar-refractivity contribution in [3.05, 3.63) is 0 Å². The molecule has 5 aliphatic heterocycles. The summed E-state index contributed by atoms with van der Waals surface area (Å²) in [4.78, 5) is 0. The zero-order chi connectivity index (χ0) is 24.3. The Hall–Kier alpha value is -0.360. The lowest BCUT2D eigenvalue weighted by molar-refractivity contribution is -0.347. The first-order valence-corrected chi connectivity index (χ1v) is 13.1. The number of aliphatic hydroxyl groups is 3. The van der Waals surface area contributed by atoms with Gasteiger partial charge in [0.15, 0.2) is 11.6 Å². The normalized spacial score (nSPS) is 52.1. The third kappa shape index (κ3) is 4.46. The summed E-state index contributed by atoms with van der Waals surface area (Å²) in [5.74, 6) is -0.911. The molecule has 0 aromatic heterocycles. The van der Waals surface area contributed by atoms with E-state index in [1.165, 1.54) is 0 Å². The van der Waals surface area contributed by atoms with Crippen molar-refractivity contribution in [2.45, 2.75) is 132 Å². The van der Waals surface area contributed by atoms with E-state index in [1.807, 2.05) is 0 Å². The molecule has 0 radical (unpaired) electrons. The highest BCUT2D eigenvalue weighted by atomic mass is 16.8. The van der Waals surface area contributed by atoms with Crippen LogP contribution in [0.1, 0.15) is 65.7 Å². The molecule has 5 saturated heterocycles. The molecule has 196 valence electrons. The first-order chi connectivity index (χ1) is 16.2. The van der Waals surface area contributed by atoms with E-state index < -0.39 is 29.9 Å². The summed E-state index contributed by atoms with van der Waals surface area (Å²) in [6.45, 7) is 6.09.